The molecule has 0 radical (unpaired) electrons. The van der Waals surface area contributed by atoms with Crippen LogP contribution < -0.4 is 5.43 Å². The third-order valence-corrected chi connectivity index (χ3v) is 4.34. The number of nitrogens with zero attached hydrogens (tertiary/aromatic N) is 1. The summed E-state index contributed by atoms with van der Waals surface area (Å²) in [7, 11) is 0. The van der Waals surface area contributed by atoms with Crippen molar-refractivity contribution >= 4 is 34.2 Å². The van der Waals surface area contributed by atoms with E-state index in [1.807, 2.05) is 6.92 Å². The van der Waals surface area contributed by atoms with Crippen LogP contribution in [-0.2, 0) is 4.79 Å². The van der Waals surface area contributed by atoms with E-state index >= 15 is 0 Å². The van der Waals surface area contributed by atoms with Crippen molar-refractivity contribution in [2.75, 3.05) is 0 Å². The van der Waals surface area contributed by atoms with Crippen LogP contribution in [-0.4, -0.2) is 11.6 Å². The van der Waals surface area contributed by atoms with Crippen LogP contribution in [0.2, 0.25) is 0 Å². The standard InChI is InChI=1S/C17H15IN2O/c1-11-10-16(21)19-20-17(11)14-4-2-12(3-5-14)13-6-8-15(18)9-7-13/h2-9,11H,10H2,1H3,(H,19,21). The topological polar surface area (TPSA) is 41.5 Å². The van der Waals surface area contributed by atoms with Crippen molar-refractivity contribution < 1.29 is 4.79 Å². The molecule has 1 aliphatic rings. The number of amides is 1. The molecule has 0 spiro atoms. The Morgan fingerprint density at radius 3 is 2.10 bits per heavy atom. The van der Waals surface area contributed by atoms with Gasteiger partial charge in [-0.3, -0.25) is 4.79 Å². The molecule has 0 fully saturated rings. The molecule has 0 aliphatic carbocycles. The lowest BCUT2D eigenvalue weighted by molar-refractivity contribution is -0.121. The van der Waals surface area contributed by atoms with Gasteiger partial charge in [-0.2, -0.15) is 5.10 Å². The molecule has 3 rings (SSSR count). The third-order valence-electron chi connectivity index (χ3n) is 3.62. The zero-order valence-electron chi connectivity index (χ0n) is 11.6. The van der Waals surface area contributed by atoms with Gasteiger partial charge in [-0.1, -0.05) is 43.3 Å². The second kappa shape index (κ2) is 5.97. The molecule has 2 aromatic rings. The Morgan fingerprint density at radius 1 is 1.00 bits per heavy atom. The van der Waals surface area contributed by atoms with Crippen LogP contribution in [0.25, 0.3) is 11.1 Å². The van der Waals surface area contributed by atoms with Gasteiger partial charge in [-0.15, -0.1) is 0 Å². The van der Waals surface area contributed by atoms with Crippen molar-refractivity contribution in [3.8, 4) is 11.1 Å². The average Bonchev–Trinajstić information content (AvgIpc) is 2.48. The van der Waals surface area contributed by atoms with Crippen molar-refractivity contribution in [2.24, 2.45) is 11.0 Å². The minimum Gasteiger partial charge on any atom is -0.273 e. The summed E-state index contributed by atoms with van der Waals surface area (Å²) in [5.41, 5.74) is 6.96. The fourth-order valence-electron chi connectivity index (χ4n) is 2.48. The zero-order valence-corrected chi connectivity index (χ0v) is 13.8. The first-order chi connectivity index (χ1) is 10.1. The van der Waals surface area contributed by atoms with Gasteiger partial charge in [-0.25, -0.2) is 5.43 Å². The van der Waals surface area contributed by atoms with Gasteiger partial charge in [0.2, 0.25) is 5.91 Å². The van der Waals surface area contributed by atoms with Crippen molar-refractivity contribution in [1.29, 1.82) is 0 Å². The quantitative estimate of drug-likeness (QED) is 0.779. The number of carbonyl (C=O) groups is 1. The molecule has 21 heavy (non-hydrogen) atoms. The molecule has 0 saturated carbocycles. The van der Waals surface area contributed by atoms with Crippen molar-refractivity contribution in [1.82, 2.24) is 5.43 Å². The summed E-state index contributed by atoms with van der Waals surface area (Å²) in [6, 6.07) is 16.8. The number of hydrogen-bond donors (Lipinski definition) is 1. The molecule has 2 aromatic carbocycles. The first-order valence-electron chi connectivity index (χ1n) is 6.86. The van der Waals surface area contributed by atoms with Gasteiger partial charge in [0.1, 0.15) is 0 Å². The molecule has 1 N–H and O–H groups in total. The molecule has 3 nitrogen and oxygen atoms in total. The Bertz CT molecular complexity index is 690. The number of halogens is 1. The van der Waals surface area contributed by atoms with Gasteiger partial charge >= 0.3 is 0 Å². The van der Waals surface area contributed by atoms with Gasteiger partial charge < -0.3 is 0 Å². The molecule has 0 aromatic heterocycles. The summed E-state index contributed by atoms with van der Waals surface area (Å²) < 4.78 is 1.23. The summed E-state index contributed by atoms with van der Waals surface area (Å²) in [5, 5.41) is 4.19. The van der Waals surface area contributed by atoms with Crippen molar-refractivity contribution in [3.63, 3.8) is 0 Å². The Balaban J connectivity index is 1.87. The third kappa shape index (κ3) is 3.15. The van der Waals surface area contributed by atoms with Crippen LogP contribution in [0, 0.1) is 9.49 Å². The average molecular weight is 390 g/mol. The van der Waals surface area contributed by atoms with E-state index in [1.54, 1.807) is 0 Å². The van der Waals surface area contributed by atoms with Crippen LogP contribution in [0.5, 0.6) is 0 Å². The largest absolute Gasteiger partial charge is 0.273 e. The second-order valence-corrected chi connectivity index (χ2v) is 6.47. The maximum Gasteiger partial charge on any atom is 0.240 e. The summed E-state index contributed by atoms with van der Waals surface area (Å²) in [5.74, 6) is 0.143. The summed E-state index contributed by atoms with van der Waals surface area (Å²) >= 11 is 2.30. The van der Waals surface area contributed by atoms with E-state index in [2.05, 4.69) is 81.6 Å². The Labute approximate surface area is 137 Å². The minimum atomic E-state index is -0.0123. The summed E-state index contributed by atoms with van der Waals surface area (Å²) in [6.07, 6.45) is 0.498. The van der Waals surface area contributed by atoms with Crippen molar-refractivity contribution in [2.45, 2.75) is 13.3 Å². The molecule has 1 unspecified atom stereocenters. The van der Waals surface area contributed by atoms with Crippen LogP contribution in [0.15, 0.2) is 53.6 Å². The molecule has 1 aliphatic heterocycles. The lowest BCUT2D eigenvalue weighted by Crippen LogP contribution is -2.31. The van der Waals surface area contributed by atoms with E-state index in [4.69, 9.17) is 0 Å². The summed E-state index contributed by atoms with van der Waals surface area (Å²) in [6.45, 7) is 2.03. The second-order valence-electron chi connectivity index (χ2n) is 5.22. The smallest absolute Gasteiger partial charge is 0.240 e. The van der Waals surface area contributed by atoms with Gasteiger partial charge in [0.25, 0.3) is 0 Å². The molecule has 0 bridgehead atoms. The van der Waals surface area contributed by atoms with Gasteiger partial charge in [0, 0.05) is 15.9 Å². The normalized spacial score (nSPS) is 18.1. The highest BCUT2D eigenvalue weighted by atomic mass is 127. The van der Waals surface area contributed by atoms with Crippen LogP contribution in [0.3, 0.4) is 0 Å². The molecule has 1 atom stereocenters. The van der Waals surface area contributed by atoms with E-state index in [0.717, 1.165) is 11.3 Å². The number of nitrogens with one attached hydrogen (secondary N) is 1. The highest BCUT2D eigenvalue weighted by Crippen LogP contribution is 2.23. The van der Waals surface area contributed by atoms with E-state index in [9.17, 15) is 4.79 Å². The Kier molecular flexibility index (Phi) is 4.05. The number of rotatable bonds is 2. The van der Waals surface area contributed by atoms with E-state index in [0.29, 0.717) is 6.42 Å². The number of carbonyl (C=O) groups excluding carboxylic acids is 1. The highest BCUT2D eigenvalue weighted by molar-refractivity contribution is 14.1. The highest BCUT2D eigenvalue weighted by Gasteiger charge is 2.21. The van der Waals surface area contributed by atoms with Crippen LogP contribution in [0.4, 0.5) is 0 Å². The lowest BCUT2D eigenvalue weighted by Gasteiger charge is -2.19. The molecule has 106 valence electrons. The maximum absolute atomic E-state index is 11.3. The van der Waals surface area contributed by atoms with E-state index in [1.165, 1.54) is 14.7 Å². The summed E-state index contributed by atoms with van der Waals surface area (Å²) in [4.78, 5) is 11.3. The predicted molar refractivity (Wildman–Crippen MR) is 93.1 cm³/mol. The van der Waals surface area contributed by atoms with Crippen LogP contribution in [0.1, 0.15) is 18.9 Å². The molecular formula is C17H15IN2O. The lowest BCUT2D eigenvalue weighted by atomic mass is 9.93. The molecular weight excluding hydrogens is 375 g/mol. The molecule has 4 heteroatoms. The van der Waals surface area contributed by atoms with Crippen LogP contribution >= 0.6 is 22.6 Å². The number of hydrazone groups is 1. The fraction of sp³-hybridized carbons (Fsp3) is 0.176. The SMILES string of the molecule is CC1CC(=O)NN=C1c1ccc(-c2ccc(I)cc2)cc1. The number of hydrogen-bond acceptors (Lipinski definition) is 2. The Hall–Kier alpha value is -1.69. The molecule has 1 amide bonds. The first kappa shape index (κ1) is 14.3. The maximum atomic E-state index is 11.3. The Morgan fingerprint density at radius 2 is 1.52 bits per heavy atom. The van der Waals surface area contributed by atoms with Gasteiger partial charge in [0.05, 0.1) is 5.71 Å². The van der Waals surface area contributed by atoms with E-state index < -0.39 is 0 Å². The monoisotopic (exact) mass is 390 g/mol. The first-order valence-corrected chi connectivity index (χ1v) is 7.94. The fourth-order valence-corrected chi connectivity index (χ4v) is 2.84. The van der Waals surface area contributed by atoms with Gasteiger partial charge in [-0.05, 0) is 51.4 Å². The minimum absolute atomic E-state index is 0.0123. The predicted octanol–water partition coefficient (Wildman–Crippen LogP) is 3.82. The van der Waals surface area contributed by atoms with Gasteiger partial charge in [0.15, 0.2) is 0 Å². The number of benzene rings is 2. The van der Waals surface area contributed by atoms with Crippen molar-refractivity contribution in [3.05, 3.63) is 57.7 Å². The molecule has 0 saturated heterocycles. The molecule has 1 heterocycles. The zero-order chi connectivity index (χ0) is 14.8. The van der Waals surface area contributed by atoms with E-state index in [-0.39, 0.29) is 11.8 Å².